The lowest BCUT2D eigenvalue weighted by atomic mass is 10.1. The lowest BCUT2D eigenvalue weighted by Crippen LogP contribution is -2.22. The molecule has 4 nitrogen and oxygen atoms in total. The van der Waals surface area contributed by atoms with Gasteiger partial charge in [0.2, 0.25) is 0 Å². The topological polar surface area (TPSA) is 54.3 Å². The highest BCUT2D eigenvalue weighted by atomic mass is 16.3. The highest BCUT2D eigenvalue weighted by molar-refractivity contribution is 5.94. The SMILES string of the molecule is CCNC(=O)c1ccc(CNCc2ccc(C)o2)cc1. The minimum absolute atomic E-state index is 0.0296. The molecule has 1 heterocycles. The van der Waals surface area contributed by atoms with Crippen molar-refractivity contribution in [2.45, 2.75) is 26.9 Å². The summed E-state index contributed by atoms with van der Waals surface area (Å²) in [6, 6.07) is 11.5. The van der Waals surface area contributed by atoms with Crippen molar-refractivity contribution in [2.75, 3.05) is 6.54 Å². The quantitative estimate of drug-likeness (QED) is 0.850. The van der Waals surface area contributed by atoms with Gasteiger partial charge in [0.1, 0.15) is 11.5 Å². The van der Waals surface area contributed by atoms with Gasteiger partial charge in [-0.2, -0.15) is 0 Å². The van der Waals surface area contributed by atoms with Crippen LogP contribution in [0.4, 0.5) is 0 Å². The van der Waals surface area contributed by atoms with Crippen LogP contribution in [0.25, 0.3) is 0 Å². The number of carbonyl (C=O) groups is 1. The van der Waals surface area contributed by atoms with Crippen LogP contribution in [0.3, 0.4) is 0 Å². The molecule has 2 rings (SSSR count). The van der Waals surface area contributed by atoms with Crippen molar-refractivity contribution < 1.29 is 9.21 Å². The summed E-state index contributed by atoms with van der Waals surface area (Å²) in [6.45, 7) is 5.93. The lowest BCUT2D eigenvalue weighted by Gasteiger charge is -2.05. The van der Waals surface area contributed by atoms with E-state index in [1.807, 2.05) is 50.2 Å². The van der Waals surface area contributed by atoms with Crippen LogP contribution >= 0.6 is 0 Å². The van der Waals surface area contributed by atoms with Gasteiger partial charge in [-0.15, -0.1) is 0 Å². The van der Waals surface area contributed by atoms with Gasteiger partial charge >= 0.3 is 0 Å². The highest BCUT2D eigenvalue weighted by Crippen LogP contribution is 2.07. The summed E-state index contributed by atoms with van der Waals surface area (Å²) in [7, 11) is 0. The molecule has 0 atom stereocenters. The molecule has 0 radical (unpaired) electrons. The first kappa shape index (κ1) is 14.3. The molecule has 0 fully saturated rings. The van der Waals surface area contributed by atoms with Gasteiger partial charge in [-0.1, -0.05) is 12.1 Å². The molecule has 1 amide bonds. The Hall–Kier alpha value is -2.07. The number of amides is 1. The maximum Gasteiger partial charge on any atom is 0.251 e. The van der Waals surface area contributed by atoms with Gasteiger partial charge in [0.05, 0.1) is 6.54 Å². The number of furan rings is 1. The Morgan fingerprint density at radius 2 is 1.85 bits per heavy atom. The predicted molar refractivity (Wildman–Crippen MR) is 78.4 cm³/mol. The predicted octanol–water partition coefficient (Wildman–Crippen LogP) is 2.63. The van der Waals surface area contributed by atoms with E-state index in [1.54, 1.807) is 0 Å². The fourth-order valence-corrected chi connectivity index (χ4v) is 1.95. The number of benzene rings is 1. The van der Waals surface area contributed by atoms with Crippen LogP contribution in [-0.4, -0.2) is 12.5 Å². The smallest absolute Gasteiger partial charge is 0.251 e. The summed E-state index contributed by atoms with van der Waals surface area (Å²) in [4.78, 5) is 11.6. The van der Waals surface area contributed by atoms with E-state index in [9.17, 15) is 4.79 Å². The molecule has 1 aromatic heterocycles. The summed E-state index contributed by atoms with van der Waals surface area (Å²) in [5.41, 5.74) is 1.83. The van der Waals surface area contributed by atoms with Gasteiger partial charge in [0, 0.05) is 18.7 Å². The van der Waals surface area contributed by atoms with Crippen molar-refractivity contribution in [3.63, 3.8) is 0 Å². The van der Waals surface area contributed by atoms with Crippen molar-refractivity contribution in [1.82, 2.24) is 10.6 Å². The molecule has 0 unspecified atom stereocenters. The third-order valence-corrected chi connectivity index (χ3v) is 2.98. The number of hydrogen-bond acceptors (Lipinski definition) is 3. The van der Waals surface area contributed by atoms with E-state index in [4.69, 9.17) is 4.42 Å². The van der Waals surface area contributed by atoms with Crippen molar-refractivity contribution in [3.8, 4) is 0 Å². The van der Waals surface area contributed by atoms with Gasteiger partial charge in [0.15, 0.2) is 0 Å². The van der Waals surface area contributed by atoms with Crippen molar-refractivity contribution in [1.29, 1.82) is 0 Å². The van der Waals surface area contributed by atoms with E-state index in [0.717, 1.165) is 23.6 Å². The molecule has 0 bridgehead atoms. The van der Waals surface area contributed by atoms with Crippen LogP contribution < -0.4 is 10.6 Å². The molecule has 0 saturated heterocycles. The standard InChI is InChI=1S/C16H20N2O2/c1-3-18-16(19)14-7-5-13(6-8-14)10-17-11-15-9-4-12(2)20-15/h4-9,17H,3,10-11H2,1-2H3,(H,18,19). The molecule has 0 aliphatic heterocycles. The minimum atomic E-state index is -0.0296. The average Bonchev–Trinajstić information content (AvgIpc) is 2.85. The van der Waals surface area contributed by atoms with Crippen LogP contribution in [0.2, 0.25) is 0 Å². The Morgan fingerprint density at radius 3 is 2.45 bits per heavy atom. The Bertz CT molecular complexity index is 558. The zero-order valence-corrected chi connectivity index (χ0v) is 11.9. The summed E-state index contributed by atoms with van der Waals surface area (Å²) in [5.74, 6) is 1.83. The Balaban J connectivity index is 1.83. The largest absolute Gasteiger partial charge is 0.465 e. The molecule has 4 heteroatoms. The maximum absolute atomic E-state index is 11.6. The molecule has 0 aliphatic carbocycles. The summed E-state index contributed by atoms with van der Waals surface area (Å²) in [5, 5.41) is 6.09. The molecule has 0 spiro atoms. The summed E-state index contributed by atoms with van der Waals surface area (Å²) in [6.07, 6.45) is 0. The van der Waals surface area contributed by atoms with Crippen LogP contribution in [0.1, 0.15) is 34.4 Å². The van der Waals surface area contributed by atoms with Crippen LogP contribution in [0.15, 0.2) is 40.8 Å². The zero-order chi connectivity index (χ0) is 14.4. The van der Waals surface area contributed by atoms with E-state index >= 15 is 0 Å². The fourth-order valence-electron chi connectivity index (χ4n) is 1.95. The summed E-state index contributed by atoms with van der Waals surface area (Å²) < 4.78 is 5.48. The number of hydrogen-bond donors (Lipinski definition) is 2. The number of aryl methyl sites for hydroxylation is 1. The van der Waals surface area contributed by atoms with Gasteiger partial charge in [-0.25, -0.2) is 0 Å². The van der Waals surface area contributed by atoms with Crippen molar-refractivity contribution in [2.24, 2.45) is 0 Å². The fraction of sp³-hybridized carbons (Fsp3) is 0.312. The van der Waals surface area contributed by atoms with Gasteiger partial charge < -0.3 is 15.1 Å². The molecule has 106 valence electrons. The third-order valence-electron chi connectivity index (χ3n) is 2.98. The first-order valence-electron chi connectivity index (χ1n) is 6.82. The molecule has 20 heavy (non-hydrogen) atoms. The van der Waals surface area contributed by atoms with Crippen molar-refractivity contribution in [3.05, 3.63) is 59.0 Å². The van der Waals surface area contributed by atoms with Crippen LogP contribution in [-0.2, 0) is 13.1 Å². The van der Waals surface area contributed by atoms with E-state index in [2.05, 4.69) is 10.6 Å². The van der Waals surface area contributed by atoms with E-state index in [-0.39, 0.29) is 5.91 Å². The maximum atomic E-state index is 11.6. The van der Waals surface area contributed by atoms with E-state index in [0.29, 0.717) is 18.7 Å². The third kappa shape index (κ3) is 3.96. The Kier molecular flexibility index (Phi) is 4.96. The Morgan fingerprint density at radius 1 is 1.10 bits per heavy atom. The van der Waals surface area contributed by atoms with E-state index in [1.165, 1.54) is 0 Å². The van der Waals surface area contributed by atoms with Gasteiger partial charge in [-0.05, 0) is 43.7 Å². The monoisotopic (exact) mass is 272 g/mol. The first-order valence-corrected chi connectivity index (χ1v) is 6.82. The first-order chi connectivity index (χ1) is 9.69. The molecule has 0 saturated carbocycles. The number of nitrogens with one attached hydrogen (secondary N) is 2. The Labute approximate surface area is 119 Å². The lowest BCUT2D eigenvalue weighted by molar-refractivity contribution is 0.0956. The second-order valence-corrected chi connectivity index (χ2v) is 4.67. The number of carbonyl (C=O) groups excluding carboxylic acids is 1. The van der Waals surface area contributed by atoms with Crippen LogP contribution in [0.5, 0.6) is 0 Å². The molecule has 2 N–H and O–H groups in total. The second kappa shape index (κ2) is 6.91. The highest BCUT2D eigenvalue weighted by Gasteiger charge is 2.03. The van der Waals surface area contributed by atoms with Crippen LogP contribution in [0, 0.1) is 6.92 Å². The summed E-state index contributed by atoms with van der Waals surface area (Å²) >= 11 is 0. The average molecular weight is 272 g/mol. The molecular formula is C16H20N2O2. The molecule has 2 aromatic rings. The normalized spacial score (nSPS) is 10.5. The molecular weight excluding hydrogens is 252 g/mol. The van der Waals surface area contributed by atoms with Gasteiger partial charge in [0.25, 0.3) is 5.91 Å². The zero-order valence-electron chi connectivity index (χ0n) is 11.9. The second-order valence-electron chi connectivity index (χ2n) is 4.67. The molecule has 0 aliphatic rings. The number of rotatable bonds is 6. The van der Waals surface area contributed by atoms with Crippen molar-refractivity contribution >= 4 is 5.91 Å². The molecule has 1 aromatic carbocycles. The van der Waals surface area contributed by atoms with Gasteiger partial charge in [-0.3, -0.25) is 4.79 Å². The van der Waals surface area contributed by atoms with E-state index < -0.39 is 0 Å². The minimum Gasteiger partial charge on any atom is -0.465 e.